The fraction of sp³-hybridized carbons (Fsp3) is 0.306. The van der Waals surface area contributed by atoms with Crippen molar-refractivity contribution in [1.82, 2.24) is 0 Å². The van der Waals surface area contributed by atoms with E-state index in [-0.39, 0.29) is 10.8 Å². The van der Waals surface area contributed by atoms with Gasteiger partial charge in [-0.15, -0.1) is 0 Å². The van der Waals surface area contributed by atoms with Crippen LogP contribution >= 0.6 is 0 Å². The van der Waals surface area contributed by atoms with E-state index in [1.54, 1.807) is 0 Å². The van der Waals surface area contributed by atoms with E-state index in [9.17, 15) is 19.8 Å². The summed E-state index contributed by atoms with van der Waals surface area (Å²) in [7, 11) is 4.36. The fourth-order valence-electron chi connectivity index (χ4n) is 6.12. The van der Waals surface area contributed by atoms with Crippen LogP contribution in [-0.2, 0) is 39.4 Å². The molecule has 4 heterocycles. The quantitative estimate of drug-likeness (QED) is 0.373. The molecule has 4 aliphatic heterocycles. The lowest BCUT2D eigenvalue weighted by atomic mass is 9.78. The summed E-state index contributed by atoms with van der Waals surface area (Å²) >= 11 is 0. The van der Waals surface area contributed by atoms with Crippen molar-refractivity contribution < 1.29 is 43.3 Å². The zero-order valence-electron chi connectivity index (χ0n) is 26.6. The molecule has 2 aromatic carbocycles. The van der Waals surface area contributed by atoms with Crippen molar-refractivity contribution in [2.24, 2.45) is 0 Å². The van der Waals surface area contributed by atoms with Crippen molar-refractivity contribution in [3.63, 3.8) is 0 Å². The topological polar surface area (TPSA) is 123 Å². The van der Waals surface area contributed by atoms with Gasteiger partial charge in [0.25, 0.3) is 12.6 Å². The van der Waals surface area contributed by atoms with E-state index in [1.807, 2.05) is 0 Å². The molecule has 0 fully saturated rings. The van der Waals surface area contributed by atoms with Gasteiger partial charge in [0.1, 0.15) is 61.3 Å². The number of allylic oxidation sites excluding steroid dienone is 6. The molecule has 0 amide bonds. The summed E-state index contributed by atoms with van der Waals surface area (Å²) in [6, 6.07) is 17.5. The standard InChI is InChI=1S/C28H30N2.2C4H4O4/c1-27(2)21-11-7-9-13-23(21)29(5)25(27)17-19-15-20(16-19)18-26-28(3,4)22-12-8-10-14-24(22)30(26)6;2*5-3(6)4-7-1-2-8-4/h7-14,17-18H,15H2,1-6H3;2*1-2,4H,(H,5,6)/q+2;;/p-2. The molecule has 2 aromatic rings. The number of ether oxygens (including phenoxy) is 4. The normalized spacial score (nSPS) is 21.3. The first kappa shape index (κ1) is 32.1. The number of aliphatic carboxylic acids is 2. The molecule has 1 aliphatic carbocycles. The Kier molecular flexibility index (Phi) is 8.76. The maximum atomic E-state index is 9.80. The van der Waals surface area contributed by atoms with Gasteiger partial charge in [-0.25, -0.2) is 0 Å². The van der Waals surface area contributed by atoms with Crippen LogP contribution in [0.2, 0.25) is 0 Å². The van der Waals surface area contributed by atoms with Crippen molar-refractivity contribution in [3.8, 4) is 0 Å². The number of hydrogen-bond acceptors (Lipinski definition) is 9. The SMILES string of the molecule is CN1C(=CC2=[C+]C(=CC3=[N+](C)c4ccccc4C3(C)C)C2)C(C)(C)c2ccccc21.O=C([O-])C1OC=CO1.O=C([O-])C1OC=CO1. The van der Waals surface area contributed by atoms with Crippen molar-refractivity contribution >= 4 is 29.0 Å². The number of fused-ring (bicyclic) bond motifs is 2. The van der Waals surface area contributed by atoms with Crippen LogP contribution in [0.25, 0.3) is 0 Å². The lowest BCUT2D eigenvalue weighted by Crippen LogP contribution is -2.35. The molecule has 0 unspecified atom stereocenters. The van der Waals surface area contributed by atoms with Crippen molar-refractivity contribution in [1.29, 1.82) is 0 Å². The van der Waals surface area contributed by atoms with Gasteiger partial charge >= 0.3 is 0 Å². The number of rotatable bonds is 4. The molecule has 10 heteroatoms. The minimum atomic E-state index is -1.37. The Morgan fingerprint density at radius 1 is 0.826 bits per heavy atom. The Labute approximate surface area is 268 Å². The van der Waals surface area contributed by atoms with Crippen LogP contribution < -0.4 is 15.1 Å². The van der Waals surface area contributed by atoms with E-state index >= 15 is 0 Å². The number of anilines is 1. The highest BCUT2D eigenvalue weighted by Crippen LogP contribution is 2.48. The first-order valence-electron chi connectivity index (χ1n) is 14.8. The highest BCUT2D eigenvalue weighted by Gasteiger charge is 2.46. The zero-order chi connectivity index (χ0) is 33.2. The lowest BCUT2D eigenvalue weighted by molar-refractivity contribution is -0.401. The highest BCUT2D eigenvalue weighted by atomic mass is 16.7. The number of benzene rings is 2. The molecule has 0 radical (unpaired) electrons. The maximum absolute atomic E-state index is 9.80. The number of hydrogen-bond donors (Lipinski definition) is 0. The number of para-hydroxylation sites is 2. The third-order valence-electron chi connectivity index (χ3n) is 8.51. The van der Waals surface area contributed by atoms with Gasteiger partial charge in [0, 0.05) is 35.9 Å². The van der Waals surface area contributed by atoms with Crippen LogP contribution in [0.1, 0.15) is 45.2 Å². The average molecular weight is 625 g/mol. The molecule has 5 aliphatic rings. The van der Waals surface area contributed by atoms with Crippen LogP contribution in [0.15, 0.2) is 103 Å². The number of likely N-dealkylation sites (N-methyl/N-ethyl adjacent to an activating group) is 1. The monoisotopic (exact) mass is 624 g/mol. The summed E-state index contributed by atoms with van der Waals surface area (Å²) in [5.74, 6) is -2.73. The van der Waals surface area contributed by atoms with E-state index in [0.29, 0.717) is 0 Å². The minimum Gasteiger partial charge on any atom is -0.543 e. The molecule has 10 nitrogen and oxygen atoms in total. The second-order valence-corrected chi connectivity index (χ2v) is 12.2. The van der Waals surface area contributed by atoms with Gasteiger partial charge < -0.3 is 43.6 Å². The number of nitrogens with zero attached hydrogens (tertiary/aromatic N) is 2. The van der Waals surface area contributed by atoms with Crippen LogP contribution in [0.3, 0.4) is 0 Å². The van der Waals surface area contributed by atoms with Gasteiger partial charge in [0.2, 0.25) is 11.4 Å². The predicted octanol–water partition coefficient (Wildman–Crippen LogP) is 3.22. The Morgan fingerprint density at radius 2 is 1.33 bits per heavy atom. The summed E-state index contributed by atoms with van der Waals surface area (Å²) in [4.78, 5) is 21.9. The molecule has 0 aromatic heterocycles. The van der Waals surface area contributed by atoms with E-state index in [1.165, 1.54) is 45.1 Å². The Morgan fingerprint density at radius 3 is 1.80 bits per heavy atom. The zero-order valence-corrected chi connectivity index (χ0v) is 26.6. The number of carboxylic acids is 2. The fourth-order valence-corrected chi connectivity index (χ4v) is 6.12. The summed E-state index contributed by atoms with van der Waals surface area (Å²) < 4.78 is 19.7. The first-order chi connectivity index (χ1) is 21.8. The molecule has 0 N–H and O–H groups in total. The van der Waals surface area contributed by atoms with Crippen LogP contribution in [0, 0.1) is 6.08 Å². The third-order valence-corrected chi connectivity index (χ3v) is 8.51. The predicted molar refractivity (Wildman–Crippen MR) is 166 cm³/mol. The summed E-state index contributed by atoms with van der Waals surface area (Å²) in [5, 5.41) is 19.6. The number of carboxylic acid groups (broad SMARTS) is 2. The van der Waals surface area contributed by atoms with E-state index in [4.69, 9.17) is 0 Å². The Bertz CT molecular complexity index is 1680. The van der Waals surface area contributed by atoms with Crippen molar-refractivity contribution in [3.05, 3.63) is 120 Å². The second-order valence-electron chi connectivity index (χ2n) is 12.2. The van der Waals surface area contributed by atoms with Crippen LogP contribution in [-0.4, -0.2) is 48.9 Å². The van der Waals surface area contributed by atoms with Crippen molar-refractivity contribution in [2.45, 2.75) is 57.5 Å². The van der Waals surface area contributed by atoms with E-state index < -0.39 is 24.5 Å². The van der Waals surface area contributed by atoms with Gasteiger partial charge in [0.15, 0.2) is 0 Å². The average Bonchev–Trinajstić information content (AvgIpc) is 3.80. The Balaban J connectivity index is 0.000000212. The minimum absolute atomic E-state index is 0.0174. The molecular formula is C36H36N2O8. The molecule has 0 bridgehead atoms. The smallest absolute Gasteiger partial charge is 0.280 e. The van der Waals surface area contributed by atoms with Gasteiger partial charge in [-0.2, -0.15) is 4.58 Å². The van der Waals surface area contributed by atoms with Gasteiger partial charge in [-0.1, -0.05) is 36.4 Å². The van der Waals surface area contributed by atoms with Crippen molar-refractivity contribution in [2.75, 3.05) is 19.0 Å². The molecule has 46 heavy (non-hydrogen) atoms. The second kappa shape index (κ2) is 12.6. The molecular weight excluding hydrogens is 588 g/mol. The molecule has 0 spiro atoms. The maximum Gasteiger partial charge on any atom is 0.280 e. The number of carbonyl (C=O) groups is 2. The first-order valence-corrected chi connectivity index (χ1v) is 14.8. The molecule has 0 atom stereocenters. The van der Waals surface area contributed by atoms with Crippen LogP contribution in [0.5, 0.6) is 0 Å². The lowest BCUT2D eigenvalue weighted by Gasteiger charge is -2.22. The van der Waals surface area contributed by atoms with Gasteiger partial charge in [-0.3, -0.25) is 0 Å². The van der Waals surface area contributed by atoms with Gasteiger partial charge in [0.05, 0.1) is 23.6 Å². The van der Waals surface area contributed by atoms with Crippen LogP contribution in [0.4, 0.5) is 11.4 Å². The van der Waals surface area contributed by atoms with Gasteiger partial charge in [-0.05, 0) is 39.3 Å². The highest BCUT2D eigenvalue weighted by molar-refractivity contribution is 6.03. The molecule has 7 rings (SSSR count). The largest absolute Gasteiger partial charge is 0.543 e. The molecule has 0 saturated heterocycles. The third kappa shape index (κ3) is 6.12. The molecule has 0 saturated carbocycles. The summed E-state index contributed by atoms with van der Waals surface area (Å²) in [6.07, 6.45) is 11.4. The van der Waals surface area contributed by atoms with E-state index in [0.717, 1.165) is 31.5 Å². The summed E-state index contributed by atoms with van der Waals surface area (Å²) in [6.45, 7) is 9.28. The summed E-state index contributed by atoms with van der Waals surface area (Å²) in [5.41, 5.74) is 10.7. The number of carbonyl (C=O) groups excluding carboxylic acids is 2. The Hall–Kier alpha value is -5.34. The molecule has 238 valence electrons. The van der Waals surface area contributed by atoms with E-state index in [2.05, 4.69) is 137 Å².